The number of aryl methyl sites for hydroxylation is 6. The fourth-order valence-electron chi connectivity index (χ4n) is 13.5. The molecule has 0 unspecified atom stereocenters. The van der Waals surface area contributed by atoms with E-state index >= 15 is 0 Å². The van der Waals surface area contributed by atoms with E-state index in [2.05, 4.69) is 144 Å². The second-order valence-electron chi connectivity index (χ2n) is 26.2. The maximum atomic E-state index is 11.7. The number of imidazole rings is 3. The van der Waals surface area contributed by atoms with Crippen molar-refractivity contribution in [2.24, 2.45) is 0 Å². The number of nitrogens with zero attached hydrogens (tertiary/aromatic N) is 9. The number of hydrogen-bond donors (Lipinski definition) is 0. The first-order valence-corrected chi connectivity index (χ1v) is 36.2. The second-order valence-corrected chi connectivity index (χ2v) is 26.2. The van der Waals surface area contributed by atoms with Gasteiger partial charge in [0.05, 0.1) is 92.2 Å². The number of hydrogen-bond acceptors (Lipinski definition) is 16. The van der Waals surface area contributed by atoms with Crippen molar-refractivity contribution in [1.82, 2.24) is 43.4 Å². The molecule has 0 N–H and O–H groups in total. The molecule has 99 heavy (non-hydrogen) atoms. The number of carbonyl (C=O) groups excluding carboxylic acids is 2. The lowest BCUT2D eigenvalue weighted by molar-refractivity contribution is -0.146. The monoisotopic (exact) mass is 1350 g/mol. The van der Waals surface area contributed by atoms with Crippen molar-refractivity contribution >= 4 is 45.0 Å². The van der Waals surface area contributed by atoms with Crippen LogP contribution in [0, 0.1) is 41.5 Å². The molecule has 19 heteroatoms. The number of aromatic nitrogens is 6. The number of benzene rings is 6. The van der Waals surface area contributed by atoms with Crippen molar-refractivity contribution in [2.45, 2.75) is 166 Å². The van der Waals surface area contributed by atoms with Gasteiger partial charge in [0.2, 0.25) is 0 Å². The van der Waals surface area contributed by atoms with Gasteiger partial charge in [0.25, 0.3) is 0 Å². The third-order valence-corrected chi connectivity index (χ3v) is 18.5. The Kier molecular flexibility index (Phi) is 27.3. The summed E-state index contributed by atoms with van der Waals surface area (Å²) in [7, 11) is 0. The molecule has 6 aromatic carbocycles. The highest BCUT2D eigenvalue weighted by atomic mass is 16.6. The summed E-state index contributed by atoms with van der Waals surface area (Å²) in [6, 6.07) is 36.5. The largest absolute Gasteiger partial charge is 0.494 e. The smallest absolute Gasteiger partial charge is 0.344 e. The van der Waals surface area contributed by atoms with E-state index in [1.807, 2.05) is 42.5 Å². The highest BCUT2D eigenvalue weighted by Crippen LogP contribution is 2.31. The van der Waals surface area contributed by atoms with Crippen molar-refractivity contribution < 1.29 is 47.5 Å². The molecule has 0 atom stereocenters. The Labute approximate surface area is 585 Å². The van der Waals surface area contributed by atoms with Gasteiger partial charge in [0.15, 0.2) is 13.2 Å². The van der Waals surface area contributed by atoms with E-state index in [1.165, 1.54) is 68.9 Å². The fourth-order valence-corrected chi connectivity index (χ4v) is 13.5. The molecule has 12 rings (SSSR count). The Balaban J connectivity index is 0.000000161. The topological polar surface area (TPSA) is 171 Å². The number of ether oxygens (including phenoxy) is 8. The van der Waals surface area contributed by atoms with E-state index in [9.17, 15) is 9.59 Å². The van der Waals surface area contributed by atoms with Gasteiger partial charge in [0.1, 0.15) is 71.8 Å². The summed E-state index contributed by atoms with van der Waals surface area (Å²) in [4.78, 5) is 45.8. The van der Waals surface area contributed by atoms with Gasteiger partial charge in [-0.15, -0.1) is 0 Å². The zero-order valence-electron chi connectivity index (χ0n) is 60.2. The van der Waals surface area contributed by atoms with Gasteiger partial charge >= 0.3 is 11.9 Å². The summed E-state index contributed by atoms with van der Waals surface area (Å²) < 4.78 is 52.6. The first-order valence-electron chi connectivity index (χ1n) is 36.2. The lowest BCUT2D eigenvalue weighted by atomic mass is 10.1. The molecule has 530 valence electrons. The van der Waals surface area contributed by atoms with E-state index in [4.69, 9.17) is 52.8 Å². The third-order valence-electron chi connectivity index (χ3n) is 18.5. The van der Waals surface area contributed by atoms with Crippen LogP contribution in [0.3, 0.4) is 0 Å². The third kappa shape index (κ3) is 20.5. The summed E-state index contributed by atoms with van der Waals surface area (Å²) in [5.41, 5.74) is 12.9. The number of likely N-dealkylation sites (tertiary alicyclic amines) is 3. The minimum absolute atomic E-state index is 0.107. The van der Waals surface area contributed by atoms with E-state index in [-0.39, 0.29) is 25.2 Å². The number of rotatable bonds is 29. The summed E-state index contributed by atoms with van der Waals surface area (Å²) >= 11 is 0. The first kappa shape index (κ1) is 73.1. The molecule has 3 aliphatic rings. The predicted octanol–water partition coefficient (Wildman–Crippen LogP) is 14.8. The van der Waals surface area contributed by atoms with E-state index in [0.717, 1.165) is 174 Å². The molecule has 0 saturated carbocycles. The second kappa shape index (κ2) is 37.0. The lowest BCUT2D eigenvalue weighted by Gasteiger charge is -2.26. The van der Waals surface area contributed by atoms with Crippen LogP contribution in [0.2, 0.25) is 0 Å². The van der Waals surface area contributed by atoms with Crippen LogP contribution >= 0.6 is 0 Å². The Hall–Kier alpha value is -8.65. The fraction of sp³-hybridized carbons (Fsp3) is 0.487. The van der Waals surface area contributed by atoms with Crippen LogP contribution < -0.4 is 28.4 Å². The number of piperidine rings is 3. The van der Waals surface area contributed by atoms with Crippen LogP contribution in [0.1, 0.15) is 136 Å². The van der Waals surface area contributed by atoms with E-state index < -0.39 is 0 Å². The summed E-state index contributed by atoms with van der Waals surface area (Å²) in [6.07, 6.45) is 12.5. The van der Waals surface area contributed by atoms with Crippen LogP contribution in [0.5, 0.6) is 34.5 Å². The van der Waals surface area contributed by atoms with Gasteiger partial charge in [-0.2, -0.15) is 0 Å². The molecule has 0 aliphatic carbocycles. The minimum atomic E-state index is -0.373. The lowest BCUT2D eigenvalue weighted by Crippen LogP contribution is -2.30. The van der Waals surface area contributed by atoms with Gasteiger partial charge in [-0.25, -0.2) is 24.5 Å². The van der Waals surface area contributed by atoms with Gasteiger partial charge < -0.3 is 51.6 Å². The summed E-state index contributed by atoms with van der Waals surface area (Å²) in [5, 5.41) is 0. The molecule has 19 nitrogen and oxygen atoms in total. The zero-order chi connectivity index (χ0) is 69.5. The molecule has 3 fully saturated rings. The number of para-hydroxylation sites is 3. The summed E-state index contributed by atoms with van der Waals surface area (Å²) in [6.45, 7) is 32.5. The van der Waals surface area contributed by atoms with Crippen molar-refractivity contribution in [3.8, 4) is 34.5 Å². The Morgan fingerprint density at radius 2 is 0.697 bits per heavy atom. The maximum Gasteiger partial charge on any atom is 0.344 e. The SMILES string of the molecule is CCCOc1ccc2nc(CN3CCCCC3)n(CCOc3c(C)cccc3C)c2c1.CCOC(=O)COc1ccc2c(c1)nc(CN1CCCCC1)n2CCOc1c(C)cccc1C.CCOC(=O)COc1ccc2nc(CN3CCCCC3)n(CCOc3c(C)cccc3C)c2c1. The number of fused-ring (bicyclic) bond motifs is 3. The van der Waals surface area contributed by atoms with Crippen molar-refractivity contribution in [3.63, 3.8) is 0 Å². The van der Waals surface area contributed by atoms with E-state index in [0.29, 0.717) is 57.6 Å². The van der Waals surface area contributed by atoms with Crippen molar-refractivity contribution in [3.05, 3.63) is 160 Å². The predicted molar refractivity (Wildman–Crippen MR) is 391 cm³/mol. The van der Waals surface area contributed by atoms with Crippen LogP contribution in [0.4, 0.5) is 0 Å². The minimum Gasteiger partial charge on any atom is -0.494 e. The Bertz CT molecular complexity index is 3990. The quantitative estimate of drug-likeness (QED) is 0.0405. The molecule has 3 aromatic heterocycles. The normalized spacial score (nSPS) is 14.5. The highest BCUT2D eigenvalue weighted by Gasteiger charge is 2.22. The average molecular weight is 1350 g/mol. The zero-order valence-corrected chi connectivity index (χ0v) is 60.2. The molecular weight excluding hydrogens is 1250 g/mol. The summed E-state index contributed by atoms with van der Waals surface area (Å²) in [5.74, 6) is 7.49. The Morgan fingerprint density at radius 3 is 1.06 bits per heavy atom. The molecule has 9 aromatic rings. The van der Waals surface area contributed by atoms with Crippen molar-refractivity contribution in [1.29, 1.82) is 0 Å². The van der Waals surface area contributed by atoms with Gasteiger partial charge in [0, 0.05) is 18.2 Å². The molecule has 0 amide bonds. The van der Waals surface area contributed by atoms with Crippen LogP contribution in [-0.4, -0.2) is 147 Å². The number of esters is 2. The Morgan fingerprint density at radius 1 is 0.364 bits per heavy atom. The standard InChI is InChI=1S/2C27H35N3O4.C26H35N3O2/c1-4-32-26(31)19-34-22-11-12-24-23(17-22)28-25(18-29-13-6-5-7-14-29)30(24)15-16-33-27-20(2)9-8-10-21(27)3;1-4-32-26(31)19-34-22-11-12-23-24(17-22)30(25(28-23)18-29-13-6-5-7-14-29)15-16-33-27-20(2)9-8-10-21(27)3;1-4-16-30-22-11-12-23-24(18-22)29(25(27-23)19-28-13-6-5-7-14-28)15-17-31-26-20(2)9-8-10-21(26)3/h2*8-12,17H,4-7,13-16,18-19H2,1-3H3;8-12,18H,4-7,13-17,19H2,1-3H3. The van der Waals surface area contributed by atoms with Gasteiger partial charge in [-0.05, 0) is 209 Å². The first-order chi connectivity index (χ1) is 48.2. The molecule has 0 bridgehead atoms. The van der Waals surface area contributed by atoms with Gasteiger partial charge in [-0.3, -0.25) is 14.7 Å². The molecule has 6 heterocycles. The molecule has 3 aliphatic heterocycles. The average Bonchev–Trinajstić information content (AvgIpc) is 1.66. The van der Waals surface area contributed by atoms with Crippen LogP contribution in [0.25, 0.3) is 33.1 Å². The molecule has 0 radical (unpaired) electrons. The van der Waals surface area contributed by atoms with Crippen LogP contribution in [0.15, 0.2) is 109 Å². The number of carbonyl (C=O) groups is 2. The van der Waals surface area contributed by atoms with Crippen molar-refractivity contribution in [2.75, 3.05) is 92.1 Å². The van der Waals surface area contributed by atoms with Crippen LogP contribution in [-0.2, 0) is 58.3 Å². The molecular formula is C80H105N9O10. The molecule has 3 saturated heterocycles. The highest BCUT2D eigenvalue weighted by molar-refractivity contribution is 5.80. The van der Waals surface area contributed by atoms with E-state index in [1.54, 1.807) is 13.8 Å². The molecule has 0 spiro atoms. The maximum absolute atomic E-state index is 11.7. The van der Waals surface area contributed by atoms with Gasteiger partial charge in [-0.1, -0.05) is 80.8 Å².